The van der Waals surface area contributed by atoms with Gasteiger partial charge in [0.2, 0.25) is 0 Å². The summed E-state index contributed by atoms with van der Waals surface area (Å²) in [6.45, 7) is 4.36. The summed E-state index contributed by atoms with van der Waals surface area (Å²) in [7, 11) is 0. The highest BCUT2D eigenvalue weighted by Crippen LogP contribution is 2.32. The molecule has 0 aliphatic carbocycles. The number of fused-ring (bicyclic) bond motifs is 1. The first kappa shape index (κ1) is 11.5. The van der Waals surface area contributed by atoms with E-state index in [0.29, 0.717) is 5.92 Å². The number of nitrogens with zero attached hydrogens (tertiary/aromatic N) is 1. The Morgan fingerprint density at radius 3 is 2.78 bits per heavy atom. The lowest BCUT2D eigenvalue weighted by atomic mass is 10.0. The normalized spacial score (nSPS) is 14.8. The monoisotopic (exact) mass is 258 g/mol. The van der Waals surface area contributed by atoms with E-state index in [9.17, 15) is 0 Å². The van der Waals surface area contributed by atoms with Gasteiger partial charge in [0.15, 0.2) is 0 Å². The number of allylic oxidation sites excluding steroid dienone is 1. The molecule has 0 bridgehead atoms. The van der Waals surface area contributed by atoms with E-state index in [1.165, 1.54) is 16.7 Å². The van der Waals surface area contributed by atoms with Crippen molar-refractivity contribution in [2.75, 3.05) is 0 Å². The molecule has 0 atom stereocenters. The standard InChI is InChI=1S/C15H15ClN2/c1-9(2)14-6-11-5-13(16)12(7-15(11)18-14)10-3-4-17-8-10/h4-9,18H,3H2,1-2H3. The van der Waals surface area contributed by atoms with E-state index in [-0.39, 0.29) is 0 Å². The largest absolute Gasteiger partial charge is 0.358 e. The first-order valence-corrected chi connectivity index (χ1v) is 6.56. The summed E-state index contributed by atoms with van der Waals surface area (Å²) in [5.74, 6) is 0.494. The molecule has 0 saturated carbocycles. The van der Waals surface area contributed by atoms with Gasteiger partial charge in [0, 0.05) is 46.0 Å². The van der Waals surface area contributed by atoms with Crippen LogP contribution < -0.4 is 0 Å². The minimum absolute atomic E-state index is 0.494. The molecule has 92 valence electrons. The fraction of sp³-hybridized carbons (Fsp3) is 0.267. The predicted molar refractivity (Wildman–Crippen MR) is 78.5 cm³/mol. The molecule has 1 aliphatic rings. The molecule has 3 heteroatoms. The van der Waals surface area contributed by atoms with Gasteiger partial charge < -0.3 is 4.98 Å². The number of hydrogen-bond acceptors (Lipinski definition) is 1. The molecule has 0 saturated heterocycles. The Bertz CT molecular complexity index is 662. The van der Waals surface area contributed by atoms with Crippen LogP contribution in [-0.4, -0.2) is 11.2 Å². The van der Waals surface area contributed by atoms with Crippen LogP contribution in [0.3, 0.4) is 0 Å². The zero-order valence-corrected chi connectivity index (χ0v) is 11.3. The van der Waals surface area contributed by atoms with E-state index in [1.807, 2.05) is 18.5 Å². The van der Waals surface area contributed by atoms with Crippen molar-refractivity contribution in [2.24, 2.45) is 4.99 Å². The Balaban J connectivity index is 2.14. The third kappa shape index (κ3) is 1.87. The topological polar surface area (TPSA) is 28.1 Å². The number of halogens is 1. The fourth-order valence-electron chi connectivity index (χ4n) is 2.26. The molecule has 0 fully saturated rings. The van der Waals surface area contributed by atoms with Crippen LogP contribution >= 0.6 is 11.6 Å². The number of benzene rings is 1. The minimum atomic E-state index is 0.494. The molecule has 1 aromatic heterocycles. The molecule has 1 aliphatic heterocycles. The van der Waals surface area contributed by atoms with Gasteiger partial charge in [-0.2, -0.15) is 0 Å². The van der Waals surface area contributed by atoms with Gasteiger partial charge in [-0.3, -0.25) is 4.99 Å². The molecule has 18 heavy (non-hydrogen) atoms. The highest BCUT2D eigenvalue weighted by Gasteiger charge is 2.12. The number of aromatic nitrogens is 1. The van der Waals surface area contributed by atoms with Crippen LogP contribution in [0.1, 0.15) is 37.4 Å². The van der Waals surface area contributed by atoms with Crippen LogP contribution in [0, 0.1) is 0 Å². The second kappa shape index (κ2) is 4.29. The molecule has 2 heterocycles. The average Bonchev–Trinajstić information content (AvgIpc) is 2.95. The van der Waals surface area contributed by atoms with Crippen LogP contribution in [0.4, 0.5) is 0 Å². The predicted octanol–water partition coefficient (Wildman–Crippen LogP) is 4.76. The molecular weight excluding hydrogens is 244 g/mol. The van der Waals surface area contributed by atoms with Crippen LogP contribution in [0.15, 0.2) is 29.4 Å². The summed E-state index contributed by atoms with van der Waals surface area (Å²) in [5.41, 5.74) is 4.65. The third-order valence-corrected chi connectivity index (χ3v) is 3.66. The van der Waals surface area contributed by atoms with Gasteiger partial charge in [0.05, 0.1) is 0 Å². The third-order valence-electron chi connectivity index (χ3n) is 3.34. The lowest BCUT2D eigenvalue weighted by Gasteiger charge is -2.04. The van der Waals surface area contributed by atoms with Gasteiger partial charge in [0.25, 0.3) is 0 Å². The molecule has 2 aromatic rings. The fourth-order valence-corrected chi connectivity index (χ4v) is 2.55. The summed E-state index contributed by atoms with van der Waals surface area (Å²) in [5, 5.41) is 1.97. The van der Waals surface area contributed by atoms with Crippen molar-refractivity contribution in [1.29, 1.82) is 0 Å². The van der Waals surface area contributed by atoms with Crippen LogP contribution in [-0.2, 0) is 0 Å². The van der Waals surface area contributed by atoms with Crippen molar-refractivity contribution in [2.45, 2.75) is 26.2 Å². The van der Waals surface area contributed by atoms with Crippen molar-refractivity contribution < 1.29 is 0 Å². The highest BCUT2D eigenvalue weighted by atomic mass is 35.5. The molecule has 1 N–H and O–H groups in total. The van der Waals surface area contributed by atoms with Gasteiger partial charge in [0.1, 0.15) is 0 Å². The van der Waals surface area contributed by atoms with Crippen LogP contribution in [0.25, 0.3) is 16.5 Å². The van der Waals surface area contributed by atoms with Crippen molar-refractivity contribution in [1.82, 2.24) is 4.98 Å². The summed E-state index contributed by atoms with van der Waals surface area (Å²) in [4.78, 5) is 7.60. The first-order chi connectivity index (χ1) is 8.65. The van der Waals surface area contributed by atoms with Crippen molar-refractivity contribution in [3.05, 3.63) is 40.7 Å². The lowest BCUT2D eigenvalue weighted by molar-refractivity contribution is 0.836. The number of aromatic amines is 1. The number of nitrogens with one attached hydrogen (secondary N) is 1. The second-order valence-corrected chi connectivity index (χ2v) is 5.40. The lowest BCUT2D eigenvalue weighted by Crippen LogP contribution is -1.86. The second-order valence-electron chi connectivity index (χ2n) is 4.99. The molecular formula is C15H15ClN2. The van der Waals surface area contributed by atoms with Gasteiger partial charge in [-0.1, -0.05) is 25.4 Å². The van der Waals surface area contributed by atoms with Crippen LogP contribution in [0.5, 0.6) is 0 Å². The van der Waals surface area contributed by atoms with E-state index in [0.717, 1.165) is 22.5 Å². The van der Waals surface area contributed by atoms with Crippen LogP contribution in [0.2, 0.25) is 5.02 Å². The molecule has 0 spiro atoms. The molecule has 2 nitrogen and oxygen atoms in total. The SMILES string of the molecule is CC(C)c1cc2cc(Cl)c(C3=CN=CC3)cc2[nH]1. The Kier molecular flexibility index (Phi) is 2.75. The Labute approximate surface area is 111 Å². The maximum atomic E-state index is 6.36. The molecule has 3 rings (SSSR count). The van der Waals surface area contributed by atoms with Gasteiger partial charge in [-0.15, -0.1) is 0 Å². The summed E-state index contributed by atoms with van der Waals surface area (Å²) >= 11 is 6.36. The quantitative estimate of drug-likeness (QED) is 0.805. The van der Waals surface area contributed by atoms with Crippen molar-refractivity contribution in [3.63, 3.8) is 0 Å². The maximum absolute atomic E-state index is 6.36. The molecule has 0 radical (unpaired) electrons. The van der Waals surface area contributed by atoms with Gasteiger partial charge in [-0.25, -0.2) is 0 Å². The first-order valence-electron chi connectivity index (χ1n) is 6.18. The molecule has 1 aromatic carbocycles. The van der Waals surface area contributed by atoms with E-state index in [4.69, 9.17) is 11.6 Å². The number of hydrogen-bond donors (Lipinski definition) is 1. The van der Waals surface area contributed by atoms with Crippen molar-refractivity contribution >= 4 is 34.3 Å². The van der Waals surface area contributed by atoms with E-state index in [2.05, 4.69) is 36.0 Å². The highest BCUT2D eigenvalue weighted by molar-refractivity contribution is 6.33. The maximum Gasteiger partial charge on any atom is 0.0489 e. The molecule has 0 amide bonds. The Morgan fingerprint density at radius 1 is 1.28 bits per heavy atom. The van der Waals surface area contributed by atoms with Gasteiger partial charge >= 0.3 is 0 Å². The minimum Gasteiger partial charge on any atom is -0.358 e. The van der Waals surface area contributed by atoms with Crippen molar-refractivity contribution in [3.8, 4) is 0 Å². The zero-order valence-electron chi connectivity index (χ0n) is 10.5. The number of rotatable bonds is 2. The van der Waals surface area contributed by atoms with E-state index < -0.39 is 0 Å². The smallest absolute Gasteiger partial charge is 0.0489 e. The van der Waals surface area contributed by atoms with E-state index in [1.54, 1.807) is 0 Å². The summed E-state index contributed by atoms with van der Waals surface area (Å²) in [6, 6.07) is 6.34. The van der Waals surface area contributed by atoms with Gasteiger partial charge in [-0.05, 0) is 29.7 Å². The Hall–Kier alpha value is -1.54. The number of aliphatic imine (C=N–C) groups is 1. The summed E-state index contributed by atoms with van der Waals surface area (Å²) in [6.07, 6.45) is 4.66. The Morgan fingerprint density at radius 2 is 2.11 bits per heavy atom. The zero-order chi connectivity index (χ0) is 12.7. The van der Waals surface area contributed by atoms with E-state index >= 15 is 0 Å². The average molecular weight is 259 g/mol. The number of H-pyrrole nitrogens is 1. The summed E-state index contributed by atoms with van der Waals surface area (Å²) < 4.78 is 0. The molecule has 0 unspecified atom stereocenters.